The average Bonchev–Trinajstić information content (AvgIpc) is 2.24. The van der Waals surface area contributed by atoms with Crippen LogP contribution >= 0.6 is 0 Å². The van der Waals surface area contributed by atoms with Gasteiger partial charge in [0.25, 0.3) is 0 Å². The fourth-order valence-corrected chi connectivity index (χ4v) is 2.15. The Hall–Kier alpha value is -1.22. The Labute approximate surface area is 117 Å². The van der Waals surface area contributed by atoms with Crippen molar-refractivity contribution in [1.82, 2.24) is 0 Å². The third-order valence-corrected chi connectivity index (χ3v) is 3.10. The lowest BCUT2D eigenvalue weighted by atomic mass is 9.86. The molecule has 0 aliphatic rings. The molecule has 3 nitrogen and oxygen atoms in total. The van der Waals surface area contributed by atoms with Crippen molar-refractivity contribution < 1.29 is 4.74 Å². The van der Waals surface area contributed by atoms with Gasteiger partial charge < -0.3 is 15.4 Å². The van der Waals surface area contributed by atoms with Gasteiger partial charge in [-0.2, -0.15) is 0 Å². The Morgan fingerprint density at radius 2 is 1.74 bits per heavy atom. The monoisotopic (exact) mass is 264 g/mol. The quantitative estimate of drug-likeness (QED) is 0.908. The molecule has 2 N–H and O–H groups in total. The van der Waals surface area contributed by atoms with Gasteiger partial charge in [-0.25, -0.2) is 0 Å². The van der Waals surface area contributed by atoms with E-state index in [1.165, 1.54) is 5.56 Å². The molecule has 0 radical (unpaired) electrons. The van der Waals surface area contributed by atoms with Crippen LogP contribution in [-0.2, 0) is 5.41 Å². The Balaban J connectivity index is 3.16. The molecule has 3 heteroatoms. The molecule has 0 amide bonds. The summed E-state index contributed by atoms with van der Waals surface area (Å²) in [4.78, 5) is 2.16. The molecule has 0 unspecified atom stereocenters. The van der Waals surface area contributed by atoms with E-state index in [9.17, 15) is 0 Å². The number of anilines is 1. The van der Waals surface area contributed by atoms with E-state index in [1.54, 1.807) is 7.11 Å². The van der Waals surface area contributed by atoms with E-state index in [0.717, 1.165) is 18.0 Å². The molecule has 0 aliphatic carbocycles. The predicted molar refractivity (Wildman–Crippen MR) is 83.2 cm³/mol. The largest absolute Gasteiger partial charge is 0.495 e. The maximum absolute atomic E-state index is 6.11. The van der Waals surface area contributed by atoms with Crippen molar-refractivity contribution in [3.63, 3.8) is 0 Å². The number of ether oxygens (including phenoxy) is 1. The zero-order valence-electron chi connectivity index (χ0n) is 13.4. The van der Waals surface area contributed by atoms with Crippen molar-refractivity contribution in [3.8, 4) is 5.75 Å². The van der Waals surface area contributed by atoms with Crippen LogP contribution in [0.3, 0.4) is 0 Å². The summed E-state index contributed by atoms with van der Waals surface area (Å²) in [5, 5.41) is 0. The topological polar surface area (TPSA) is 38.5 Å². The number of hydrogen-bond acceptors (Lipinski definition) is 3. The molecule has 108 valence electrons. The summed E-state index contributed by atoms with van der Waals surface area (Å²) in [7, 11) is 3.76. The number of nitrogens with two attached hydrogens (primary N) is 1. The molecule has 0 saturated carbocycles. The highest BCUT2D eigenvalue weighted by atomic mass is 16.5. The zero-order chi connectivity index (χ0) is 14.8. The van der Waals surface area contributed by atoms with E-state index in [0.29, 0.717) is 0 Å². The van der Waals surface area contributed by atoms with Crippen LogP contribution in [0.25, 0.3) is 0 Å². The molecule has 19 heavy (non-hydrogen) atoms. The minimum Gasteiger partial charge on any atom is -0.495 e. The van der Waals surface area contributed by atoms with E-state index < -0.39 is 0 Å². The Bertz CT molecular complexity index is 427. The van der Waals surface area contributed by atoms with Gasteiger partial charge in [-0.1, -0.05) is 26.8 Å². The summed E-state index contributed by atoms with van der Waals surface area (Å²) in [6, 6.07) is 6.37. The van der Waals surface area contributed by atoms with Crippen molar-refractivity contribution in [2.24, 2.45) is 5.73 Å². The second-order valence-corrected chi connectivity index (χ2v) is 6.98. The highest BCUT2D eigenvalue weighted by Gasteiger charge is 2.20. The van der Waals surface area contributed by atoms with E-state index in [1.807, 2.05) is 19.9 Å². The van der Waals surface area contributed by atoms with Gasteiger partial charge in [0.15, 0.2) is 0 Å². The SMILES string of the molecule is COc1ccc(C(C)(C)C)cc1N(C)CC(C)(C)N. The molecule has 0 atom stereocenters. The van der Waals surface area contributed by atoms with Gasteiger partial charge >= 0.3 is 0 Å². The molecule has 0 saturated heterocycles. The summed E-state index contributed by atoms with van der Waals surface area (Å²) in [6.45, 7) is 11.5. The first-order valence-corrected chi connectivity index (χ1v) is 6.73. The number of methoxy groups -OCH3 is 1. The summed E-state index contributed by atoms with van der Waals surface area (Å²) < 4.78 is 5.47. The summed E-state index contributed by atoms with van der Waals surface area (Å²) in [6.07, 6.45) is 0. The molecule has 0 aromatic heterocycles. The van der Waals surface area contributed by atoms with Crippen LogP contribution < -0.4 is 15.4 Å². The predicted octanol–water partition coefficient (Wildman–Crippen LogP) is 3.17. The Kier molecular flexibility index (Phi) is 4.51. The molecule has 1 aromatic carbocycles. The van der Waals surface area contributed by atoms with Crippen LogP contribution in [-0.4, -0.2) is 26.2 Å². The second-order valence-electron chi connectivity index (χ2n) is 6.98. The van der Waals surface area contributed by atoms with Crippen molar-refractivity contribution >= 4 is 5.69 Å². The molecule has 0 aliphatic heterocycles. The number of hydrogen-bond donors (Lipinski definition) is 1. The Morgan fingerprint density at radius 1 is 1.16 bits per heavy atom. The fourth-order valence-electron chi connectivity index (χ4n) is 2.15. The van der Waals surface area contributed by atoms with Gasteiger partial charge in [-0.05, 0) is 37.0 Å². The molecule has 0 bridgehead atoms. The maximum Gasteiger partial charge on any atom is 0.142 e. The van der Waals surface area contributed by atoms with Gasteiger partial charge in [0, 0.05) is 19.1 Å². The number of benzene rings is 1. The first-order chi connectivity index (χ1) is 8.54. The standard InChI is InChI=1S/C16H28N2O/c1-15(2,3)12-8-9-14(19-7)13(10-12)18(6)11-16(4,5)17/h8-10H,11,17H2,1-7H3. The molecule has 0 heterocycles. The maximum atomic E-state index is 6.11. The van der Waals surface area contributed by atoms with Crippen molar-refractivity contribution in [1.29, 1.82) is 0 Å². The van der Waals surface area contributed by atoms with E-state index in [-0.39, 0.29) is 11.0 Å². The van der Waals surface area contributed by atoms with E-state index in [4.69, 9.17) is 10.5 Å². The van der Waals surface area contributed by atoms with Crippen LogP contribution in [0.5, 0.6) is 5.75 Å². The van der Waals surface area contributed by atoms with E-state index in [2.05, 4.69) is 44.9 Å². The van der Waals surface area contributed by atoms with Crippen LogP contribution in [0.15, 0.2) is 18.2 Å². The zero-order valence-corrected chi connectivity index (χ0v) is 13.4. The lowest BCUT2D eigenvalue weighted by Crippen LogP contribution is -2.44. The molecular formula is C16H28N2O. The van der Waals surface area contributed by atoms with Crippen molar-refractivity contribution in [3.05, 3.63) is 23.8 Å². The van der Waals surface area contributed by atoms with Gasteiger partial charge in [0.05, 0.1) is 12.8 Å². The third kappa shape index (κ3) is 4.43. The second kappa shape index (κ2) is 5.41. The van der Waals surface area contributed by atoms with Crippen LogP contribution in [0.4, 0.5) is 5.69 Å². The highest BCUT2D eigenvalue weighted by Crippen LogP contribution is 2.33. The smallest absolute Gasteiger partial charge is 0.142 e. The first kappa shape index (κ1) is 15.8. The number of rotatable bonds is 4. The minimum atomic E-state index is -0.239. The van der Waals surface area contributed by atoms with Gasteiger partial charge in [0.2, 0.25) is 0 Å². The third-order valence-electron chi connectivity index (χ3n) is 3.10. The first-order valence-electron chi connectivity index (χ1n) is 6.73. The molecule has 1 aromatic rings. The average molecular weight is 264 g/mol. The van der Waals surface area contributed by atoms with Crippen molar-refractivity contribution in [2.45, 2.75) is 45.6 Å². The van der Waals surface area contributed by atoms with Gasteiger partial charge in [-0.15, -0.1) is 0 Å². The normalized spacial score (nSPS) is 12.4. The lowest BCUT2D eigenvalue weighted by molar-refractivity contribution is 0.412. The van der Waals surface area contributed by atoms with Crippen molar-refractivity contribution in [2.75, 3.05) is 25.6 Å². The lowest BCUT2D eigenvalue weighted by Gasteiger charge is -2.30. The van der Waals surface area contributed by atoms with Gasteiger partial charge in [0.1, 0.15) is 5.75 Å². The number of likely N-dealkylation sites (N-methyl/N-ethyl adjacent to an activating group) is 1. The van der Waals surface area contributed by atoms with E-state index >= 15 is 0 Å². The Morgan fingerprint density at radius 3 is 2.16 bits per heavy atom. The molecular weight excluding hydrogens is 236 g/mol. The van der Waals surface area contributed by atoms with Crippen LogP contribution in [0.2, 0.25) is 0 Å². The van der Waals surface area contributed by atoms with Gasteiger partial charge in [-0.3, -0.25) is 0 Å². The fraction of sp³-hybridized carbons (Fsp3) is 0.625. The molecule has 0 spiro atoms. The summed E-state index contributed by atoms with van der Waals surface area (Å²) in [5.74, 6) is 0.889. The molecule has 0 fully saturated rings. The van der Waals surface area contributed by atoms with Crippen LogP contribution in [0.1, 0.15) is 40.2 Å². The highest BCUT2D eigenvalue weighted by molar-refractivity contribution is 5.60. The molecule has 1 rings (SSSR count). The number of nitrogens with zero attached hydrogens (tertiary/aromatic N) is 1. The summed E-state index contributed by atoms with van der Waals surface area (Å²) >= 11 is 0. The van der Waals surface area contributed by atoms with Crippen LogP contribution in [0, 0.1) is 0 Å². The minimum absolute atomic E-state index is 0.125. The summed E-state index contributed by atoms with van der Waals surface area (Å²) in [5.41, 5.74) is 8.38.